The second kappa shape index (κ2) is 8.15. The van der Waals surface area contributed by atoms with Gasteiger partial charge in [0.15, 0.2) is 6.54 Å². The standard InChI is InChI=1S/C17H29N2O2.HI/c1-12(2)14-9-13(3)16(10-15(14)18(4)5)21-17(20)11-19(6,7)8;/h9-10,12H,11H2,1-8H3;1H/q+1;/p-1. The van der Waals surface area contributed by atoms with Crippen LogP contribution in [0.2, 0.25) is 0 Å². The molecule has 0 unspecified atom stereocenters. The number of anilines is 1. The van der Waals surface area contributed by atoms with Crippen LogP contribution < -0.4 is 33.6 Å². The molecular formula is C17H29IN2O2. The highest BCUT2D eigenvalue weighted by atomic mass is 127. The Morgan fingerprint density at radius 2 is 1.77 bits per heavy atom. The van der Waals surface area contributed by atoms with Gasteiger partial charge >= 0.3 is 5.97 Å². The Bertz CT molecular complexity index is 520. The van der Waals surface area contributed by atoms with Crippen LogP contribution in [0.4, 0.5) is 5.69 Å². The maximum atomic E-state index is 12.0. The molecular weight excluding hydrogens is 391 g/mol. The zero-order chi connectivity index (χ0) is 16.4. The molecule has 0 fully saturated rings. The molecule has 0 aliphatic carbocycles. The molecule has 0 heterocycles. The van der Waals surface area contributed by atoms with E-state index in [9.17, 15) is 4.79 Å². The molecule has 0 aliphatic heterocycles. The molecule has 0 radical (unpaired) electrons. The van der Waals surface area contributed by atoms with Crippen molar-refractivity contribution in [3.63, 3.8) is 0 Å². The highest BCUT2D eigenvalue weighted by molar-refractivity contribution is 5.75. The van der Waals surface area contributed by atoms with E-state index in [4.69, 9.17) is 4.74 Å². The van der Waals surface area contributed by atoms with Gasteiger partial charge in [0.05, 0.1) is 21.1 Å². The fourth-order valence-corrected chi connectivity index (χ4v) is 2.20. The van der Waals surface area contributed by atoms with Gasteiger partial charge in [-0.3, -0.25) is 0 Å². The number of likely N-dealkylation sites (N-methyl/N-ethyl adjacent to an activating group) is 1. The molecule has 1 aromatic rings. The van der Waals surface area contributed by atoms with Gasteiger partial charge in [-0.1, -0.05) is 19.9 Å². The lowest BCUT2D eigenvalue weighted by Gasteiger charge is -2.24. The first-order chi connectivity index (χ1) is 9.51. The molecule has 1 rings (SSSR count). The average molecular weight is 420 g/mol. The van der Waals surface area contributed by atoms with Gasteiger partial charge in [-0.25, -0.2) is 4.79 Å². The van der Waals surface area contributed by atoms with Crippen LogP contribution in [0, 0.1) is 6.92 Å². The van der Waals surface area contributed by atoms with E-state index in [2.05, 4.69) is 24.8 Å². The van der Waals surface area contributed by atoms with Gasteiger partial charge in [-0.2, -0.15) is 0 Å². The lowest BCUT2D eigenvalue weighted by molar-refractivity contribution is -0.862. The number of esters is 1. The van der Waals surface area contributed by atoms with Crippen LogP contribution in [0.3, 0.4) is 0 Å². The van der Waals surface area contributed by atoms with Crippen molar-refractivity contribution in [3.05, 3.63) is 23.3 Å². The number of quaternary nitrogens is 1. The number of aryl methyl sites for hydroxylation is 1. The van der Waals surface area contributed by atoms with E-state index in [0.717, 1.165) is 11.3 Å². The van der Waals surface area contributed by atoms with Crippen molar-refractivity contribution in [3.8, 4) is 5.75 Å². The maximum absolute atomic E-state index is 12.0. The predicted molar refractivity (Wildman–Crippen MR) is 88.1 cm³/mol. The number of hydrogen-bond donors (Lipinski definition) is 0. The highest BCUT2D eigenvalue weighted by Gasteiger charge is 2.19. The van der Waals surface area contributed by atoms with Gasteiger partial charge in [0.2, 0.25) is 0 Å². The van der Waals surface area contributed by atoms with Crippen LogP contribution in [0.5, 0.6) is 5.75 Å². The quantitative estimate of drug-likeness (QED) is 0.286. The zero-order valence-electron chi connectivity index (χ0n) is 15.0. The summed E-state index contributed by atoms with van der Waals surface area (Å²) >= 11 is 0. The number of rotatable bonds is 5. The molecule has 0 bridgehead atoms. The summed E-state index contributed by atoms with van der Waals surface area (Å²) in [5.74, 6) is 0.881. The van der Waals surface area contributed by atoms with Crippen molar-refractivity contribution in [2.24, 2.45) is 0 Å². The maximum Gasteiger partial charge on any atom is 0.367 e. The number of ether oxygens (including phenoxy) is 1. The van der Waals surface area contributed by atoms with Crippen molar-refractivity contribution in [2.75, 3.05) is 46.7 Å². The van der Waals surface area contributed by atoms with Crippen molar-refractivity contribution in [1.82, 2.24) is 0 Å². The molecule has 0 saturated heterocycles. The summed E-state index contributed by atoms with van der Waals surface area (Å²) in [6.07, 6.45) is 0. The number of carbonyl (C=O) groups is 1. The van der Waals surface area contributed by atoms with Gasteiger partial charge in [-0.05, 0) is 24.0 Å². The number of nitrogens with zero attached hydrogens (tertiary/aromatic N) is 2. The molecule has 4 nitrogen and oxygen atoms in total. The van der Waals surface area contributed by atoms with Gasteiger partial charge in [-0.15, -0.1) is 0 Å². The topological polar surface area (TPSA) is 29.5 Å². The van der Waals surface area contributed by atoms with Gasteiger partial charge in [0, 0.05) is 25.8 Å². The third-order valence-electron chi connectivity index (χ3n) is 3.26. The fraction of sp³-hybridized carbons (Fsp3) is 0.588. The lowest BCUT2D eigenvalue weighted by atomic mass is 9.98. The molecule has 0 aromatic heterocycles. The molecule has 126 valence electrons. The van der Waals surface area contributed by atoms with E-state index in [1.807, 2.05) is 48.2 Å². The van der Waals surface area contributed by atoms with E-state index < -0.39 is 0 Å². The number of benzene rings is 1. The Morgan fingerprint density at radius 1 is 1.23 bits per heavy atom. The molecule has 22 heavy (non-hydrogen) atoms. The van der Waals surface area contributed by atoms with Gasteiger partial charge in [0.25, 0.3) is 0 Å². The Kier molecular flexibility index (Phi) is 7.85. The first-order valence-electron chi connectivity index (χ1n) is 7.34. The fourth-order valence-electron chi connectivity index (χ4n) is 2.20. The first-order valence-corrected chi connectivity index (χ1v) is 7.34. The third kappa shape index (κ3) is 6.12. The van der Waals surface area contributed by atoms with Crippen LogP contribution in [-0.4, -0.2) is 52.2 Å². The molecule has 5 heteroatoms. The van der Waals surface area contributed by atoms with Gasteiger partial charge < -0.3 is 38.1 Å². The predicted octanol–water partition coefficient (Wildman–Crippen LogP) is -0.200. The SMILES string of the molecule is Cc1cc(C(C)C)c(N(C)C)cc1OC(=O)C[N+](C)(C)C.[I-]. The molecule has 1 aromatic carbocycles. The Morgan fingerprint density at radius 3 is 2.18 bits per heavy atom. The summed E-state index contributed by atoms with van der Waals surface area (Å²) in [6, 6.07) is 4.09. The number of hydrogen-bond acceptors (Lipinski definition) is 3. The van der Waals surface area contributed by atoms with Crippen molar-refractivity contribution < 1.29 is 38.0 Å². The summed E-state index contributed by atoms with van der Waals surface area (Å²) in [5.41, 5.74) is 3.37. The van der Waals surface area contributed by atoms with E-state index in [-0.39, 0.29) is 29.9 Å². The number of carbonyl (C=O) groups excluding carboxylic acids is 1. The minimum atomic E-state index is -0.201. The Balaban J connectivity index is 0.00000441. The van der Waals surface area contributed by atoms with E-state index >= 15 is 0 Å². The monoisotopic (exact) mass is 420 g/mol. The summed E-state index contributed by atoms with van der Waals surface area (Å²) < 4.78 is 6.12. The number of halogens is 1. The molecule has 0 amide bonds. The van der Waals surface area contributed by atoms with Gasteiger partial charge in [0.1, 0.15) is 5.75 Å². The van der Waals surface area contributed by atoms with Crippen LogP contribution in [0.1, 0.15) is 30.9 Å². The second-order valence-electron chi connectivity index (χ2n) is 7.15. The van der Waals surface area contributed by atoms with Crippen molar-refractivity contribution in [2.45, 2.75) is 26.7 Å². The van der Waals surface area contributed by atoms with E-state index in [1.54, 1.807) is 0 Å². The van der Waals surface area contributed by atoms with Crippen LogP contribution >= 0.6 is 0 Å². The molecule has 0 aliphatic rings. The average Bonchev–Trinajstić information content (AvgIpc) is 2.28. The van der Waals surface area contributed by atoms with E-state index in [1.165, 1.54) is 5.56 Å². The highest BCUT2D eigenvalue weighted by Crippen LogP contribution is 2.33. The lowest BCUT2D eigenvalue weighted by Crippen LogP contribution is -3.00. The molecule has 0 N–H and O–H groups in total. The molecule has 0 atom stereocenters. The summed E-state index contributed by atoms with van der Waals surface area (Å²) in [4.78, 5) is 14.1. The van der Waals surface area contributed by atoms with Crippen molar-refractivity contribution >= 4 is 11.7 Å². The molecule has 0 saturated carbocycles. The first kappa shape index (κ1) is 21.2. The normalized spacial score (nSPS) is 11.1. The van der Waals surface area contributed by atoms with Crippen LogP contribution in [-0.2, 0) is 4.79 Å². The summed E-state index contributed by atoms with van der Waals surface area (Å²) in [6.45, 7) is 6.68. The zero-order valence-corrected chi connectivity index (χ0v) is 17.2. The van der Waals surface area contributed by atoms with Crippen molar-refractivity contribution in [1.29, 1.82) is 0 Å². The summed E-state index contributed by atoms with van der Waals surface area (Å²) in [7, 11) is 9.94. The second-order valence-corrected chi connectivity index (χ2v) is 7.15. The largest absolute Gasteiger partial charge is 1.00 e. The van der Waals surface area contributed by atoms with Crippen LogP contribution in [0.15, 0.2) is 12.1 Å². The molecule has 0 spiro atoms. The minimum Gasteiger partial charge on any atom is -1.00 e. The third-order valence-corrected chi connectivity index (χ3v) is 3.26. The minimum absolute atomic E-state index is 0. The smallest absolute Gasteiger partial charge is 0.367 e. The van der Waals surface area contributed by atoms with E-state index in [0.29, 0.717) is 22.7 Å². The Hall–Kier alpha value is -0.820. The Labute approximate surface area is 152 Å². The summed E-state index contributed by atoms with van der Waals surface area (Å²) in [5, 5.41) is 0. The van der Waals surface area contributed by atoms with Crippen LogP contribution in [0.25, 0.3) is 0 Å².